The summed E-state index contributed by atoms with van der Waals surface area (Å²) in [5, 5.41) is 18.4. The zero-order valence-corrected chi connectivity index (χ0v) is 10.5. The van der Waals surface area contributed by atoms with Gasteiger partial charge in [-0.2, -0.15) is 0 Å². The minimum atomic E-state index is -1.35. The summed E-state index contributed by atoms with van der Waals surface area (Å²) in [5.74, 6) is -2.65. The molecule has 2 N–H and O–H groups in total. The second-order valence-corrected chi connectivity index (χ2v) is 5.14. The molecule has 1 heterocycles. The Morgan fingerprint density at radius 2 is 2.00 bits per heavy atom. The van der Waals surface area contributed by atoms with Crippen LogP contribution in [0.25, 0.3) is 5.57 Å². The Bertz CT molecular complexity index is 689. The molecular weight excluding hydrogens is 248 g/mol. The van der Waals surface area contributed by atoms with Gasteiger partial charge in [-0.15, -0.1) is 0 Å². The van der Waals surface area contributed by atoms with Crippen LogP contribution in [0.5, 0.6) is 0 Å². The molecule has 0 radical (unpaired) electrons. The van der Waals surface area contributed by atoms with Crippen molar-refractivity contribution < 1.29 is 24.2 Å². The summed E-state index contributed by atoms with van der Waals surface area (Å²) in [7, 11) is 0. The number of rotatable bonds is 2. The van der Waals surface area contributed by atoms with Crippen LogP contribution < -0.4 is 0 Å². The van der Waals surface area contributed by atoms with E-state index in [1.807, 2.05) is 26.0 Å². The second kappa shape index (κ2) is 3.38. The molecule has 0 saturated heterocycles. The van der Waals surface area contributed by atoms with Gasteiger partial charge in [0.15, 0.2) is 0 Å². The van der Waals surface area contributed by atoms with Crippen molar-refractivity contribution in [3.05, 3.63) is 40.4 Å². The van der Waals surface area contributed by atoms with Gasteiger partial charge in [0.05, 0.1) is 5.41 Å². The highest BCUT2D eigenvalue weighted by Gasteiger charge is 2.45. The molecule has 5 heteroatoms. The molecule has 0 aliphatic heterocycles. The van der Waals surface area contributed by atoms with Crippen molar-refractivity contribution in [1.29, 1.82) is 0 Å². The van der Waals surface area contributed by atoms with Gasteiger partial charge in [0.25, 0.3) is 0 Å². The number of hydrogen-bond acceptors (Lipinski definition) is 3. The molecule has 98 valence electrons. The molecule has 1 aromatic rings. The zero-order valence-electron chi connectivity index (χ0n) is 10.5. The summed E-state index contributed by atoms with van der Waals surface area (Å²) in [6, 6.07) is 0. The van der Waals surface area contributed by atoms with Crippen molar-refractivity contribution in [1.82, 2.24) is 0 Å². The second-order valence-electron chi connectivity index (χ2n) is 5.14. The third-order valence-corrected chi connectivity index (χ3v) is 4.08. The number of allylic oxidation sites excluding steroid dienone is 4. The highest BCUT2D eigenvalue weighted by atomic mass is 16.4. The number of hydrogen-bond donors (Lipinski definition) is 2. The van der Waals surface area contributed by atoms with Gasteiger partial charge in [0, 0.05) is 5.56 Å². The maximum absolute atomic E-state index is 11.4. The van der Waals surface area contributed by atoms with Gasteiger partial charge in [-0.1, -0.05) is 17.7 Å². The van der Waals surface area contributed by atoms with E-state index < -0.39 is 23.1 Å². The normalized spacial score (nSPS) is 23.7. The first kappa shape index (κ1) is 11.8. The van der Waals surface area contributed by atoms with E-state index in [1.165, 1.54) is 0 Å². The molecule has 1 unspecified atom stereocenters. The van der Waals surface area contributed by atoms with Crippen LogP contribution in [0.4, 0.5) is 0 Å². The predicted molar refractivity (Wildman–Crippen MR) is 66.3 cm³/mol. The quantitative estimate of drug-likeness (QED) is 0.853. The summed E-state index contributed by atoms with van der Waals surface area (Å²) >= 11 is 0. The molecular formula is C14H12O5. The highest BCUT2D eigenvalue weighted by Crippen LogP contribution is 2.51. The molecule has 3 aliphatic carbocycles. The maximum Gasteiger partial charge on any atom is 0.372 e. The summed E-state index contributed by atoms with van der Waals surface area (Å²) in [6.45, 7) is 3.88. The highest BCUT2D eigenvalue weighted by molar-refractivity contribution is 6.06. The van der Waals surface area contributed by atoms with Gasteiger partial charge in [-0.05, 0) is 25.8 Å². The Labute approximate surface area is 108 Å². The van der Waals surface area contributed by atoms with E-state index in [-0.39, 0.29) is 5.56 Å². The van der Waals surface area contributed by atoms with E-state index in [2.05, 4.69) is 0 Å². The Morgan fingerprint density at radius 1 is 1.32 bits per heavy atom. The SMILES string of the molecule is CC1=CC2=CCC1(C)c1oc(C(=O)O)c(C(=O)O)c12. The molecule has 1 aromatic heterocycles. The van der Waals surface area contributed by atoms with Crippen LogP contribution >= 0.6 is 0 Å². The van der Waals surface area contributed by atoms with Gasteiger partial charge in [0.2, 0.25) is 5.76 Å². The van der Waals surface area contributed by atoms with Crippen molar-refractivity contribution in [2.24, 2.45) is 0 Å². The Kier molecular flexibility index (Phi) is 2.09. The van der Waals surface area contributed by atoms with Crippen molar-refractivity contribution in [2.75, 3.05) is 0 Å². The lowest BCUT2D eigenvalue weighted by Crippen LogP contribution is -2.30. The molecule has 4 rings (SSSR count). The molecule has 0 amide bonds. The van der Waals surface area contributed by atoms with Crippen molar-refractivity contribution in [2.45, 2.75) is 25.7 Å². The minimum absolute atomic E-state index is 0.247. The van der Waals surface area contributed by atoms with Crippen molar-refractivity contribution in [3.8, 4) is 0 Å². The molecule has 2 bridgehead atoms. The molecule has 0 spiro atoms. The predicted octanol–water partition coefficient (Wildman–Crippen LogP) is 2.68. The lowest BCUT2D eigenvalue weighted by molar-refractivity contribution is 0.0623. The number of carboxylic acids is 2. The van der Waals surface area contributed by atoms with Crippen LogP contribution in [0, 0.1) is 0 Å². The Balaban J connectivity index is 2.38. The fourth-order valence-corrected chi connectivity index (χ4v) is 2.82. The van der Waals surface area contributed by atoms with Crippen LogP contribution in [-0.4, -0.2) is 22.2 Å². The van der Waals surface area contributed by atoms with Crippen LogP contribution in [0.15, 0.2) is 22.1 Å². The number of fused-ring (bicyclic) bond motifs is 1. The molecule has 3 aliphatic rings. The molecule has 0 fully saturated rings. The molecule has 19 heavy (non-hydrogen) atoms. The Hall–Kier alpha value is -2.30. The Morgan fingerprint density at radius 3 is 2.53 bits per heavy atom. The average molecular weight is 260 g/mol. The largest absolute Gasteiger partial charge is 0.478 e. The minimum Gasteiger partial charge on any atom is -0.478 e. The van der Waals surface area contributed by atoms with Gasteiger partial charge in [-0.3, -0.25) is 0 Å². The fraction of sp³-hybridized carbons (Fsp3) is 0.286. The lowest BCUT2D eigenvalue weighted by atomic mass is 9.66. The monoisotopic (exact) mass is 260 g/mol. The molecule has 0 aromatic carbocycles. The summed E-state index contributed by atoms with van der Waals surface area (Å²) in [4.78, 5) is 22.5. The third kappa shape index (κ3) is 1.30. The van der Waals surface area contributed by atoms with Gasteiger partial charge < -0.3 is 14.6 Å². The lowest BCUT2D eigenvalue weighted by Gasteiger charge is -2.37. The van der Waals surface area contributed by atoms with E-state index in [0.717, 1.165) is 11.1 Å². The van der Waals surface area contributed by atoms with Crippen molar-refractivity contribution >= 4 is 17.5 Å². The molecule has 0 saturated carbocycles. The standard InChI is InChI=1S/C14H12O5/c1-6-5-7-3-4-14(6,2)11-8(7)9(12(15)16)10(19-11)13(17)18/h3,5H,4H2,1-2H3,(H,15,16)(H,17,18). The average Bonchev–Trinajstić information content (AvgIpc) is 2.74. The zero-order chi connectivity index (χ0) is 13.9. The summed E-state index contributed by atoms with van der Waals surface area (Å²) < 4.78 is 5.41. The van der Waals surface area contributed by atoms with Crippen LogP contribution in [0.1, 0.15) is 52.5 Å². The molecule has 5 nitrogen and oxygen atoms in total. The third-order valence-electron chi connectivity index (χ3n) is 4.08. The first-order chi connectivity index (χ1) is 8.86. The number of carboxylic acid groups (broad SMARTS) is 2. The van der Waals surface area contributed by atoms with Crippen LogP contribution in [0.2, 0.25) is 0 Å². The van der Waals surface area contributed by atoms with Gasteiger partial charge in [-0.25, -0.2) is 9.59 Å². The van der Waals surface area contributed by atoms with Gasteiger partial charge in [0.1, 0.15) is 11.3 Å². The smallest absolute Gasteiger partial charge is 0.372 e. The maximum atomic E-state index is 11.4. The fourth-order valence-electron chi connectivity index (χ4n) is 2.82. The molecule has 1 atom stereocenters. The topological polar surface area (TPSA) is 87.7 Å². The summed E-state index contributed by atoms with van der Waals surface area (Å²) in [5.41, 5.74) is 1.52. The van der Waals surface area contributed by atoms with E-state index in [9.17, 15) is 14.7 Å². The van der Waals surface area contributed by atoms with E-state index in [4.69, 9.17) is 9.52 Å². The van der Waals surface area contributed by atoms with Crippen molar-refractivity contribution in [3.63, 3.8) is 0 Å². The summed E-state index contributed by atoms with van der Waals surface area (Å²) in [6.07, 6.45) is 4.53. The van der Waals surface area contributed by atoms with E-state index >= 15 is 0 Å². The van der Waals surface area contributed by atoms with Gasteiger partial charge >= 0.3 is 11.9 Å². The van der Waals surface area contributed by atoms with E-state index in [0.29, 0.717) is 17.7 Å². The number of carbonyl (C=O) groups is 2. The number of furan rings is 1. The van der Waals surface area contributed by atoms with Crippen LogP contribution in [0.3, 0.4) is 0 Å². The first-order valence-corrected chi connectivity index (χ1v) is 5.89. The first-order valence-electron chi connectivity index (χ1n) is 5.89. The van der Waals surface area contributed by atoms with Crippen LogP contribution in [-0.2, 0) is 5.41 Å². The number of aromatic carboxylic acids is 2. The van der Waals surface area contributed by atoms with E-state index in [1.54, 1.807) is 0 Å².